The van der Waals surface area contributed by atoms with Crippen molar-refractivity contribution in [3.63, 3.8) is 0 Å². The molecule has 0 aliphatic carbocycles. The van der Waals surface area contributed by atoms with Crippen molar-refractivity contribution < 1.29 is 17.9 Å². The second-order valence-electron chi connectivity index (χ2n) is 3.30. The summed E-state index contributed by atoms with van der Waals surface area (Å²) in [6.07, 6.45) is -1.20. The Kier molecular flexibility index (Phi) is 4.46. The predicted octanol–water partition coefficient (Wildman–Crippen LogP) is 2.01. The van der Waals surface area contributed by atoms with Gasteiger partial charge in [0.25, 0.3) is 0 Å². The van der Waals surface area contributed by atoms with Crippen LogP contribution in [-0.4, -0.2) is 23.4 Å². The topological polar surface area (TPSA) is 54.4 Å². The first-order valence-electron chi connectivity index (χ1n) is 4.67. The van der Waals surface area contributed by atoms with Crippen molar-refractivity contribution in [3.8, 4) is 0 Å². The smallest absolute Gasteiger partial charge is 0.165 e. The molecule has 0 radical (unpaired) electrons. The largest absolute Gasteiger partial charge is 0.386 e. The Labute approximate surface area is 102 Å². The van der Waals surface area contributed by atoms with Crippen LogP contribution in [0.1, 0.15) is 18.6 Å². The molecule has 1 N–H and O–H groups in total. The van der Waals surface area contributed by atoms with E-state index in [1.807, 2.05) is 0 Å². The number of sulfone groups is 1. The third kappa shape index (κ3) is 3.02. The van der Waals surface area contributed by atoms with Gasteiger partial charge in [0.15, 0.2) is 9.84 Å². The van der Waals surface area contributed by atoms with Crippen LogP contribution in [0, 0.1) is 5.82 Å². The number of rotatable bonds is 4. The van der Waals surface area contributed by atoms with Crippen molar-refractivity contribution in [1.29, 1.82) is 0 Å². The summed E-state index contributed by atoms with van der Waals surface area (Å²) in [5.74, 6) is -0.498. The second-order valence-corrected chi connectivity index (χ2v) is 7.30. The molecule has 0 heterocycles. The van der Waals surface area contributed by atoms with Crippen molar-refractivity contribution >= 4 is 25.8 Å². The van der Waals surface area contributed by atoms with Crippen molar-refractivity contribution in [2.45, 2.75) is 17.2 Å². The van der Waals surface area contributed by atoms with Gasteiger partial charge in [-0.2, -0.15) is 0 Å². The summed E-state index contributed by atoms with van der Waals surface area (Å²) >= 11 is 2.95. The van der Waals surface area contributed by atoms with Crippen LogP contribution in [0.3, 0.4) is 0 Å². The minimum Gasteiger partial charge on any atom is -0.386 e. The molecule has 0 unspecified atom stereocenters. The first-order valence-corrected chi connectivity index (χ1v) is 7.30. The number of hydrogen-bond donors (Lipinski definition) is 1. The molecule has 3 nitrogen and oxygen atoms in total. The van der Waals surface area contributed by atoms with Gasteiger partial charge in [-0.1, -0.05) is 35.0 Å². The van der Waals surface area contributed by atoms with Crippen LogP contribution >= 0.6 is 15.9 Å². The molecular formula is C10H12BrFO3S. The summed E-state index contributed by atoms with van der Waals surface area (Å²) in [4.78, 5) is 0. The lowest BCUT2D eigenvalue weighted by Gasteiger charge is -2.17. The molecule has 90 valence electrons. The molecule has 0 saturated carbocycles. The quantitative estimate of drug-likeness (QED) is 0.866. The van der Waals surface area contributed by atoms with E-state index < -0.39 is 25.9 Å². The van der Waals surface area contributed by atoms with Crippen LogP contribution in [0.2, 0.25) is 0 Å². The molecule has 0 fully saturated rings. The highest BCUT2D eigenvalue weighted by Gasteiger charge is 2.29. The Hall–Kier alpha value is -0.460. The molecule has 16 heavy (non-hydrogen) atoms. The zero-order chi connectivity index (χ0) is 12.3. The third-order valence-corrected chi connectivity index (χ3v) is 6.16. The van der Waals surface area contributed by atoms with Crippen LogP contribution in [0.25, 0.3) is 0 Å². The lowest BCUT2D eigenvalue weighted by Crippen LogP contribution is -2.24. The number of benzene rings is 1. The van der Waals surface area contributed by atoms with E-state index in [0.29, 0.717) is 5.56 Å². The van der Waals surface area contributed by atoms with Gasteiger partial charge in [-0.3, -0.25) is 0 Å². The molecule has 6 heteroatoms. The van der Waals surface area contributed by atoms with E-state index in [4.69, 9.17) is 0 Å². The molecule has 1 aromatic carbocycles. The Morgan fingerprint density at radius 3 is 2.31 bits per heavy atom. The first-order chi connectivity index (χ1) is 7.38. The fourth-order valence-electron chi connectivity index (χ4n) is 1.17. The van der Waals surface area contributed by atoms with Gasteiger partial charge in [-0.15, -0.1) is 0 Å². The van der Waals surface area contributed by atoms with Crippen LogP contribution in [0.4, 0.5) is 4.39 Å². The maximum absolute atomic E-state index is 12.6. The number of alkyl halides is 1. The normalized spacial score (nSPS) is 15.8. The van der Waals surface area contributed by atoms with E-state index in [2.05, 4.69) is 15.9 Å². The standard InChI is InChI=1S/C10H12BrFO3S/c1-2-16(14,15)10(11)9(13)7-3-5-8(12)6-4-7/h3-6,9-10,13H,2H2,1H3/t9-,10+/m1/s1. The Balaban J connectivity index is 2.94. The number of hydrogen-bond acceptors (Lipinski definition) is 3. The zero-order valence-electron chi connectivity index (χ0n) is 8.60. The average Bonchev–Trinajstić information content (AvgIpc) is 2.28. The lowest BCUT2D eigenvalue weighted by atomic mass is 10.1. The van der Waals surface area contributed by atoms with Gasteiger partial charge in [-0.05, 0) is 17.7 Å². The maximum Gasteiger partial charge on any atom is 0.165 e. The minimum atomic E-state index is -3.38. The summed E-state index contributed by atoms with van der Waals surface area (Å²) in [6, 6.07) is 5.08. The van der Waals surface area contributed by atoms with Gasteiger partial charge in [-0.25, -0.2) is 12.8 Å². The van der Waals surface area contributed by atoms with E-state index in [1.165, 1.54) is 31.2 Å². The molecule has 0 amide bonds. The molecule has 0 spiro atoms. The maximum atomic E-state index is 12.6. The molecule has 0 aliphatic heterocycles. The lowest BCUT2D eigenvalue weighted by molar-refractivity contribution is 0.195. The van der Waals surface area contributed by atoms with E-state index in [9.17, 15) is 17.9 Å². The fraction of sp³-hybridized carbons (Fsp3) is 0.400. The van der Waals surface area contributed by atoms with Crippen LogP contribution in [-0.2, 0) is 9.84 Å². The van der Waals surface area contributed by atoms with Gasteiger partial charge in [0, 0.05) is 5.75 Å². The number of aliphatic hydroxyl groups excluding tert-OH is 1. The van der Waals surface area contributed by atoms with Crippen LogP contribution in [0.15, 0.2) is 24.3 Å². The van der Waals surface area contributed by atoms with Crippen LogP contribution < -0.4 is 0 Å². The van der Waals surface area contributed by atoms with Gasteiger partial charge in [0.1, 0.15) is 16.1 Å². The highest BCUT2D eigenvalue weighted by Crippen LogP contribution is 2.27. The molecule has 0 bridgehead atoms. The summed E-state index contributed by atoms with van der Waals surface area (Å²) in [5, 5.41) is 9.80. The summed E-state index contributed by atoms with van der Waals surface area (Å²) < 4.78 is 34.6. The Morgan fingerprint density at radius 1 is 1.38 bits per heavy atom. The number of aliphatic hydroxyl groups is 1. The SMILES string of the molecule is CCS(=O)(=O)[C@H](Br)[C@H](O)c1ccc(F)cc1. The molecule has 0 aromatic heterocycles. The van der Waals surface area contributed by atoms with Gasteiger partial charge < -0.3 is 5.11 Å². The highest BCUT2D eigenvalue weighted by molar-refractivity contribution is 9.11. The van der Waals surface area contributed by atoms with Gasteiger partial charge in [0.2, 0.25) is 0 Å². The summed E-state index contributed by atoms with van der Waals surface area (Å²) in [7, 11) is -3.38. The summed E-state index contributed by atoms with van der Waals surface area (Å²) in [6.45, 7) is 1.50. The molecule has 2 atom stereocenters. The van der Waals surface area contributed by atoms with E-state index in [0.717, 1.165) is 0 Å². The molecule has 0 saturated heterocycles. The Bertz CT molecular complexity index is 444. The monoisotopic (exact) mass is 310 g/mol. The van der Waals surface area contributed by atoms with Gasteiger partial charge >= 0.3 is 0 Å². The zero-order valence-corrected chi connectivity index (χ0v) is 11.0. The molecule has 1 aromatic rings. The van der Waals surface area contributed by atoms with Crippen LogP contribution in [0.5, 0.6) is 0 Å². The fourth-order valence-corrected chi connectivity index (χ4v) is 3.13. The second kappa shape index (κ2) is 5.25. The predicted molar refractivity (Wildman–Crippen MR) is 63.5 cm³/mol. The number of halogens is 2. The van der Waals surface area contributed by atoms with Crippen molar-refractivity contribution in [3.05, 3.63) is 35.6 Å². The van der Waals surface area contributed by atoms with Crippen molar-refractivity contribution in [2.75, 3.05) is 5.75 Å². The molecule has 0 aliphatic rings. The summed E-state index contributed by atoms with van der Waals surface area (Å²) in [5.41, 5.74) is 0.361. The van der Waals surface area contributed by atoms with E-state index in [-0.39, 0.29) is 5.75 Å². The molecular weight excluding hydrogens is 299 g/mol. The average molecular weight is 311 g/mol. The molecule has 1 rings (SSSR count). The van der Waals surface area contributed by atoms with Crippen molar-refractivity contribution in [2.24, 2.45) is 0 Å². The van der Waals surface area contributed by atoms with E-state index >= 15 is 0 Å². The first kappa shape index (κ1) is 13.6. The minimum absolute atomic E-state index is 0.0683. The highest BCUT2D eigenvalue weighted by atomic mass is 79.9. The third-order valence-electron chi connectivity index (χ3n) is 2.21. The van der Waals surface area contributed by atoms with Crippen molar-refractivity contribution in [1.82, 2.24) is 0 Å². The Morgan fingerprint density at radius 2 is 1.88 bits per heavy atom. The van der Waals surface area contributed by atoms with Gasteiger partial charge in [0.05, 0.1) is 0 Å². The van der Waals surface area contributed by atoms with E-state index in [1.54, 1.807) is 0 Å².